The maximum absolute atomic E-state index is 13.3. The molecule has 0 saturated carbocycles. The van der Waals surface area contributed by atoms with Crippen molar-refractivity contribution in [2.24, 2.45) is 0 Å². The summed E-state index contributed by atoms with van der Waals surface area (Å²) in [6, 6.07) is 16.7. The van der Waals surface area contributed by atoms with Gasteiger partial charge in [-0.05, 0) is 40.8 Å². The first-order chi connectivity index (χ1) is 15.0. The molecule has 158 valence electrons. The van der Waals surface area contributed by atoms with Crippen molar-refractivity contribution in [2.75, 3.05) is 7.05 Å². The molecule has 0 spiro atoms. The Morgan fingerprint density at radius 3 is 2.61 bits per heavy atom. The lowest BCUT2D eigenvalue weighted by molar-refractivity contribution is -0.132. The molecular formula is C24H22FN3O2S. The number of halogens is 1. The number of nitrogens with zero attached hydrogens (tertiary/aromatic N) is 1. The number of aromatic nitrogens is 1. The minimum Gasteiger partial charge on any atom is -0.361 e. The van der Waals surface area contributed by atoms with Gasteiger partial charge in [0, 0.05) is 37.1 Å². The number of thiophene rings is 1. The number of fused-ring (bicyclic) bond motifs is 1. The number of likely N-dealkylation sites (N-methyl/N-ethyl adjacent to an activating group) is 1. The molecule has 0 fully saturated rings. The first-order valence-corrected chi connectivity index (χ1v) is 10.8. The van der Waals surface area contributed by atoms with Gasteiger partial charge in [0.25, 0.3) is 5.91 Å². The van der Waals surface area contributed by atoms with Gasteiger partial charge in [-0.25, -0.2) is 4.39 Å². The van der Waals surface area contributed by atoms with E-state index in [1.54, 1.807) is 36.2 Å². The van der Waals surface area contributed by atoms with Gasteiger partial charge in [0.2, 0.25) is 5.91 Å². The molecule has 0 aliphatic carbocycles. The fourth-order valence-electron chi connectivity index (χ4n) is 3.57. The Kier molecular flexibility index (Phi) is 6.13. The van der Waals surface area contributed by atoms with Crippen molar-refractivity contribution < 1.29 is 14.0 Å². The molecule has 2 aromatic heterocycles. The van der Waals surface area contributed by atoms with E-state index in [9.17, 15) is 14.0 Å². The normalized spacial score (nSPS) is 11.9. The molecule has 0 aliphatic rings. The van der Waals surface area contributed by atoms with Gasteiger partial charge in [0.05, 0.1) is 4.88 Å². The van der Waals surface area contributed by atoms with Crippen LogP contribution >= 0.6 is 11.3 Å². The van der Waals surface area contributed by atoms with Crippen LogP contribution < -0.4 is 5.32 Å². The molecule has 2 N–H and O–H groups in total. The number of aromatic amines is 1. The smallest absolute Gasteiger partial charge is 0.262 e. The Bertz CT molecular complexity index is 1190. The van der Waals surface area contributed by atoms with Gasteiger partial charge in [0.15, 0.2) is 0 Å². The molecule has 31 heavy (non-hydrogen) atoms. The topological polar surface area (TPSA) is 65.2 Å². The second-order valence-electron chi connectivity index (χ2n) is 7.39. The molecule has 7 heteroatoms. The summed E-state index contributed by atoms with van der Waals surface area (Å²) in [6.07, 6.45) is 2.23. The second-order valence-corrected chi connectivity index (χ2v) is 8.34. The fraction of sp³-hybridized carbons (Fsp3) is 0.167. The Labute approximate surface area is 183 Å². The first kappa shape index (κ1) is 20.8. The van der Waals surface area contributed by atoms with E-state index in [1.165, 1.54) is 23.5 Å². The monoisotopic (exact) mass is 435 g/mol. The van der Waals surface area contributed by atoms with Crippen molar-refractivity contribution >= 4 is 34.1 Å². The highest BCUT2D eigenvalue weighted by atomic mass is 32.1. The van der Waals surface area contributed by atoms with Crippen molar-refractivity contribution in [1.29, 1.82) is 0 Å². The summed E-state index contributed by atoms with van der Waals surface area (Å²) in [5.74, 6) is -0.805. The zero-order valence-corrected chi connectivity index (χ0v) is 17.8. The van der Waals surface area contributed by atoms with Crippen molar-refractivity contribution in [3.8, 4) is 0 Å². The number of hydrogen-bond donors (Lipinski definition) is 2. The average molecular weight is 436 g/mol. The summed E-state index contributed by atoms with van der Waals surface area (Å²) in [6.45, 7) is 0.318. The minimum absolute atomic E-state index is 0.209. The lowest BCUT2D eigenvalue weighted by atomic mass is 10.0. The van der Waals surface area contributed by atoms with E-state index in [-0.39, 0.29) is 17.6 Å². The quantitative estimate of drug-likeness (QED) is 0.453. The number of hydrogen-bond acceptors (Lipinski definition) is 3. The van der Waals surface area contributed by atoms with E-state index in [0.717, 1.165) is 22.0 Å². The molecule has 4 rings (SSSR count). The summed E-state index contributed by atoms with van der Waals surface area (Å²) in [5, 5.41) is 5.75. The number of benzene rings is 2. The summed E-state index contributed by atoms with van der Waals surface area (Å²) >= 11 is 1.33. The summed E-state index contributed by atoms with van der Waals surface area (Å²) in [5.41, 5.74) is 2.75. The Hall–Kier alpha value is -3.45. The molecule has 1 atom stereocenters. The molecule has 5 nitrogen and oxygen atoms in total. The molecule has 0 bridgehead atoms. The second kappa shape index (κ2) is 9.14. The highest BCUT2D eigenvalue weighted by Gasteiger charge is 2.26. The van der Waals surface area contributed by atoms with Crippen molar-refractivity contribution in [3.63, 3.8) is 0 Å². The Morgan fingerprint density at radius 1 is 1.10 bits per heavy atom. The van der Waals surface area contributed by atoms with E-state index in [4.69, 9.17) is 0 Å². The number of amides is 2. The van der Waals surface area contributed by atoms with Gasteiger partial charge in [-0.15, -0.1) is 11.3 Å². The number of rotatable bonds is 7. The summed E-state index contributed by atoms with van der Waals surface area (Å²) in [4.78, 5) is 31.3. The summed E-state index contributed by atoms with van der Waals surface area (Å²) in [7, 11) is 1.69. The molecule has 4 aromatic rings. The van der Waals surface area contributed by atoms with Gasteiger partial charge in [-0.1, -0.05) is 36.4 Å². The van der Waals surface area contributed by atoms with Crippen LogP contribution in [0.25, 0.3) is 10.9 Å². The molecule has 0 radical (unpaired) electrons. The average Bonchev–Trinajstić information content (AvgIpc) is 3.45. The molecule has 0 saturated heterocycles. The van der Waals surface area contributed by atoms with E-state index in [1.807, 2.05) is 35.8 Å². The number of carbonyl (C=O) groups excluding carboxylic acids is 2. The predicted molar refractivity (Wildman–Crippen MR) is 120 cm³/mol. The maximum Gasteiger partial charge on any atom is 0.262 e. The Morgan fingerprint density at radius 2 is 1.87 bits per heavy atom. The minimum atomic E-state index is -0.737. The van der Waals surface area contributed by atoms with Crippen molar-refractivity contribution in [3.05, 3.63) is 94.1 Å². The van der Waals surface area contributed by atoms with Crippen LogP contribution in [-0.2, 0) is 17.8 Å². The molecule has 2 aromatic carbocycles. The van der Waals surface area contributed by atoms with Crippen molar-refractivity contribution in [1.82, 2.24) is 15.2 Å². The van der Waals surface area contributed by atoms with E-state index >= 15 is 0 Å². The number of carbonyl (C=O) groups is 2. The van der Waals surface area contributed by atoms with Crippen molar-refractivity contribution in [2.45, 2.75) is 19.0 Å². The Balaban J connectivity index is 1.56. The number of nitrogens with one attached hydrogen (secondary N) is 2. The zero-order chi connectivity index (χ0) is 21.8. The molecule has 2 amide bonds. The van der Waals surface area contributed by atoms with Crippen LogP contribution in [0.3, 0.4) is 0 Å². The van der Waals surface area contributed by atoms with Crippen LogP contribution in [-0.4, -0.2) is 34.8 Å². The number of H-pyrrole nitrogens is 1. The predicted octanol–water partition coefficient (Wildman–Crippen LogP) is 4.37. The lowest BCUT2D eigenvalue weighted by Crippen LogP contribution is -2.48. The van der Waals surface area contributed by atoms with Crippen LogP contribution in [0.2, 0.25) is 0 Å². The molecule has 0 unspecified atom stereocenters. The van der Waals surface area contributed by atoms with Gasteiger partial charge in [-0.3, -0.25) is 9.59 Å². The fourth-order valence-corrected chi connectivity index (χ4v) is 4.19. The van der Waals surface area contributed by atoms with Crippen LogP contribution in [0.4, 0.5) is 4.39 Å². The maximum atomic E-state index is 13.3. The lowest BCUT2D eigenvalue weighted by Gasteiger charge is -2.24. The van der Waals surface area contributed by atoms with Crippen LogP contribution in [0, 0.1) is 5.82 Å². The number of para-hydroxylation sites is 1. The van der Waals surface area contributed by atoms with Crippen LogP contribution in [0.15, 0.2) is 72.2 Å². The highest BCUT2D eigenvalue weighted by molar-refractivity contribution is 7.12. The van der Waals surface area contributed by atoms with E-state index in [0.29, 0.717) is 17.8 Å². The largest absolute Gasteiger partial charge is 0.361 e. The zero-order valence-electron chi connectivity index (χ0n) is 17.0. The van der Waals surface area contributed by atoms with Gasteiger partial charge >= 0.3 is 0 Å². The third-order valence-electron chi connectivity index (χ3n) is 5.16. The summed E-state index contributed by atoms with van der Waals surface area (Å²) < 4.78 is 13.2. The van der Waals surface area contributed by atoms with E-state index in [2.05, 4.69) is 10.3 Å². The SMILES string of the molecule is CN(Cc1ccc(F)cc1)C(=O)[C@H](Cc1c[nH]c2ccccc12)NC(=O)c1cccs1. The first-order valence-electron chi connectivity index (χ1n) is 9.90. The van der Waals surface area contributed by atoms with Crippen LogP contribution in [0.5, 0.6) is 0 Å². The van der Waals surface area contributed by atoms with Crippen LogP contribution in [0.1, 0.15) is 20.8 Å². The molecular weight excluding hydrogens is 413 g/mol. The van der Waals surface area contributed by atoms with E-state index < -0.39 is 6.04 Å². The third kappa shape index (κ3) is 4.83. The van der Waals surface area contributed by atoms with Gasteiger partial charge in [-0.2, -0.15) is 0 Å². The van der Waals surface area contributed by atoms with Gasteiger partial charge < -0.3 is 15.2 Å². The highest BCUT2D eigenvalue weighted by Crippen LogP contribution is 2.20. The standard InChI is InChI=1S/C24H22FN3O2S/c1-28(15-16-8-10-18(25)11-9-16)24(30)21(27-23(29)22-7-4-12-31-22)13-17-14-26-20-6-3-2-5-19(17)20/h2-12,14,21,26H,13,15H2,1H3,(H,27,29)/t21-/m0/s1. The third-order valence-corrected chi connectivity index (χ3v) is 6.03. The molecule has 0 aliphatic heterocycles. The van der Waals surface area contributed by atoms with Gasteiger partial charge in [0.1, 0.15) is 11.9 Å². The molecule has 2 heterocycles.